The average Bonchev–Trinajstić information content (AvgIpc) is 2.57. The van der Waals surface area contributed by atoms with Crippen LogP contribution in [-0.2, 0) is 9.47 Å². The number of allylic oxidation sites excluding steroid dienone is 1. The van der Waals surface area contributed by atoms with Crippen LogP contribution in [0.25, 0.3) is 16.3 Å². The van der Waals surface area contributed by atoms with E-state index < -0.39 is 0 Å². The van der Waals surface area contributed by atoms with Crippen molar-refractivity contribution in [2.24, 2.45) is 0 Å². The van der Waals surface area contributed by atoms with Crippen LogP contribution in [0.1, 0.15) is 5.56 Å². The van der Waals surface area contributed by atoms with Crippen molar-refractivity contribution in [3.63, 3.8) is 0 Å². The molecule has 0 bridgehead atoms. The van der Waals surface area contributed by atoms with Gasteiger partial charge in [0.25, 0.3) is 0 Å². The Bertz CT molecular complexity index is 703. The zero-order valence-corrected chi connectivity index (χ0v) is 13.9. The summed E-state index contributed by atoms with van der Waals surface area (Å²) in [7, 11) is 3.29. The van der Waals surface area contributed by atoms with Gasteiger partial charge in [0.1, 0.15) is 5.15 Å². The first-order chi connectivity index (χ1) is 11.2. The molecule has 0 amide bonds. The summed E-state index contributed by atoms with van der Waals surface area (Å²) in [5.74, 6) is 0. The second kappa shape index (κ2) is 8.62. The van der Waals surface area contributed by atoms with Gasteiger partial charge in [-0.2, -0.15) is 0 Å². The fourth-order valence-corrected chi connectivity index (χ4v) is 2.36. The molecule has 0 aliphatic rings. The van der Waals surface area contributed by atoms with Gasteiger partial charge >= 0.3 is 0 Å². The molecule has 5 nitrogen and oxygen atoms in total. The minimum Gasteiger partial charge on any atom is -0.388 e. The topological polar surface area (TPSA) is 67.2 Å². The monoisotopic (exact) mass is 333 g/mol. The van der Waals surface area contributed by atoms with Crippen LogP contribution in [0.3, 0.4) is 0 Å². The molecule has 1 atom stereocenters. The number of hydrogen-bond donors (Lipinski definition) is 2. The fraction of sp³-hybridized carbons (Fsp3) is 0.294. The minimum absolute atomic E-state index is 0.0373. The van der Waals surface area contributed by atoms with Gasteiger partial charge in [-0.15, -0.1) is 0 Å². The number of aromatic nitrogens is 1. The molecule has 0 radical (unpaired) electrons. The van der Waals surface area contributed by atoms with Gasteiger partial charge in [-0.3, -0.25) is 0 Å². The Morgan fingerprint density at radius 3 is 2.87 bits per heavy atom. The SMILES string of the molecule is COCC(CN/C=C(\C=N)c1ccc2cnc(Cl)cc2c1)OC. The van der Waals surface area contributed by atoms with Gasteiger partial charge in [0.2, 0.25) is 0 Å². The molecular weight excluding hydrogens is 314 g/mol. The lowest BCUT2D eigenvalue weighted by Crippen LogP contribution is -2.29. The van der Waals surface area contributed by atoms with E-state index in [0.29, 0.717) is 18.3 Å². The van der Waals surface area contributed by atoms with Crippen molar-refractivity contribution >= 4 is 34.2 Å². The zero-order chi connectivity index (χ0) is 16.7. The zero-order valence-electron chi connectivity index (χ0n) is 13.2. The molecule has 2 N–H and O–H groups in total. The highest BCUT2D eigenvalue weighted by Gasteiger charge is 2.06. The van der Waals surface area contributed by atoms with Crippen LogP contribution in [0.5, 0.6) is 0 Å². The number of ether oxygens (including phenoxy) is 2. The largest absolute Gasteiger partial charge is 0.388 e. The minimum atomic E-state index is -0.0373. The highest BCUT2D eigenvalue weighted by atomic mass is 35.5. The number of halogens is 1. The maximum absolute atomic E-state index is 7.63. The second-order valence-corrected chi connectivity index (χ2v) is 5.42. The summed E-state index contributed by atoms with van der Waals surface area (Å²) >= 11 is 5.94. The van der Waals surface area contributed by atoms with Crippen molar-refractivity contribution in [2.75, 3.05) is 27.4 Å². The molecule has 0 fully saturated rings. The Hall–Kier alpha value is -1.95. The molecular formula is C17H20ClN3O2. The number of hydrogen-bond acceptors (Lipinski definition) is 5. The van der Waals surface area contributed by atoms with Gasteiger partial charge in [0, 0.05) is 50.3 Å². The standard InChI is InChI=1S/C17H20ClN3O2/c1-22-11-16(23-2)10-20-8-15(7-19)12-3-4-13-9-21-17(18)6-14(13)5-12/h3-9,16,19-20H,10-11H2,1-2H3/b15-8+,19-7?. The average molecular weight is 334 g/mol. The summed E-state index contributed by atoms with van der Waals surface area (Å²) in [4.78, 5) is 4.07. The van der Waals surface area contributed by atoms with E-state index in [4.69, 9.17) is 26.5 Å². The van der Waals surface area contributed by atoms with Crippen LogP contribution < -0.4 is 5.32 Å². The highest BCUT2D eigenvalue weighted by Crippen LogP contribution is 2.21. The Morgan fingerprint density at radius 2 is 2.17 bits per heavy atom. The van der Waals surface area contributed by atoms with E-state index in [1.54, 1.807) is 26.6 Å². The molecule has 0 aliphatic carbocycles. The lowest BCUT2D eigenvalue weighted by molar-refractivity contribution is 0.0308. The number of pyridine rings is 1. The number of rotatable bonds is 8. The summed E-state index contributed by atoms with van der Waals surface area (Å²) in [6, 6.07) is 7.73. The lowest BCUT2D eigenvalue weighted by Gasteiger charge is -2.14. The summed E-state index contributed by atoms with van der Waals surface area (Å²) in [5, 5.41) is 13.3. The predicted molar refractivity (Wildman–Crippen MR) is 94.2 cm³/mol. The smallest absolute Gasteiger partial charge is 0.129 e. The predicted octanol–water partition coefficient (Wildman–Crippen LogP) is 3.13. The van der Waals surface area contributed by atoms with Gasteiger partial charge in [-0.1, -0.05) is 23.7 Å². The first-order valence-corrected chi connectivity index (χ1v) is 7.57. The maximum atomic E-state index is 7.63. The van der Waals surface area contributed by atoms with Crippen LogP contribution in [-0.4, -0.2) is 44.7 Å². The van der Waals surface area contributed by atoms with E-state index in [9.17, 15) is 0 Å². The molecule has 2 aromatic rings. The first kappa shape index (κ1) is 17.4. The third-order valence-corrected chi connectivity index (χ3v) is 3.67. The molecule has 23 heavy (non-hydrogen) atoms. The summed E-state index contributed by atoms with van der Waals surface area (Å²) in [5.41, 5.74) is 1.70. The molecule has 0 aliphatic heterocycles. The van der Waals surface area contributed by atoms with Crippen LogP contribution in [0.2, 0.25) is 5.15 Å². The molecule has 6 heteroatoms. The molecule has 2 rings (SSSR count). The Balaban J connectivity index is 2.16. The van der Waals surface area contributed by atoms with Crippen molar-refractivity contribution in [1.29, 1.82) is 5.41 Å². The van der Waals surface area contributed by atoms with Crippen molar-refractivity contribution in [1.82, 2.24) is 10.3 Å². The highest BCUT2D eigenvalue weighted by molar-refractivity contribution is 6.30. The molecule has 0 spiro atoms. The third kappa shape index (κ3) is 4.76. The van der Waals surface area contributed by atoms with Gasteiger partial charge < -0.3 is 20.2 Å². The normalized spacial score (nSPS) is 13.1. The van der Waals surface area contributed by atoms with E-state index in [0.717, 1.165) is 21.9 Å². The Kier molecular flexibility index (Phi) is 6.52. The number of nitrogens with zero attached hydrogens (tertiary/aromatic N) is 1. The maximum Gasteiger partial charge on any atom is 0.129 e. The second-order valence-electron chi connectivity index (χ2n) is 5.03. The summed E-state index contributed by atoms with van der Waals surface area (Å²) in [6.07, 6.45) is 4.82. The van der Waals surface area contributed by atoms with Crippen molar-refractivity contribution < 1.29 is 9.47 Å². The first-order valence-electron chi connectivity index (χ1n) is 7.19. The third-order valence-electron chi connectivity index (χ3n) is 3.47. The van der Waals surface area contributed by atoms with E-state index in [-0.39, 0.29) is 6.10 Å². The Labute approximate surface area is 140 Å². The quantitative estimate of drug-likeness (QED) is 0.575. The molecule has 1 heterocycles. The molecule has 122 valence electrons. The van der Waals surface area contributed by atoms with Crippen LogP contribution in [0.15, 0.2) is 36.7 Å². The fourth-order valence-electron chi connectivity index (χ4n) is 2.20. The molecule has 1 aromatic carbocycles. The number of methoxy groups -OCH3 is 2. The van der Waals surface area contributed by atoms with Crippen LogP contribution in [0, 0.1) is 5.41 Å². The number of benzene rings is 1. The molecule has 1 unspecified atom stereocenters. The van der Waals surface area contributed by atoms with Gasteiger partial charge in [0.15, 0.2) is 0 Å². The van der Waals surface area contributed by atoms with E-state index in [2.05, 4.69) is 10.3 Å². The van der Waals surface area contributed by atoms with Crippen LogP contribution in [0.4, 0.5) is 0 Å². The van der Waals surface area contributed by atoms with Crippen molar-refractivity contribution in [2.45, 2.75) is 6.10 Å². The lowest BCUT2D eigenvalue weighted by atomic mass is 10.0. The number of nitrogens with one attached hydrogen (secondary N) is 2. The van der Waals surface area contributed by atoms with Gasteiger partial charge in [-0.05, 0) is 23.1 Å². The van der Waals surface area contributed by atoms with Gasteiger partial charge in [-0.25, -0.2) is 4.98 Å². The summed E-state index contributed by atoms with van der Waals surface area (Å²) < 4.78 is 10.4. The summed E-state index contributed by atoms with van der Waals surface area (Å²) in [6.45, 7) is 1.11. The molecule has 1 aromatic heterocycles. The van der Waals surface area contributed by atoms with E-state index >= 15 is 0 Å². The number of fused-ring (bicyclic) bond motifs is 1. The Morgan fingerprint density at radius 1 is 1.35 bits per heavy atom. The van der Waals surface area contributed by atoms with E-state index in [1.165, 1.54) is 6.21 Å². The van der Waals surface area contributed by atoms with E-state index in [1.807, 2.05) is 24.3 Å². The van der Waals surface area contributed by atoms with Crippen molar-refractivity contribution in [3.8, 4) is 0 Å². The van der Waals surface area contributed by atoms with Gasteiger partial charge in [0.05, 0.1) is 12.7 Å². The van der Waals surface area contributed by atoms with Crippen molar-refractivity contribution in [3.05, 3.63) is 47.4 Å². The molecule has 0 saturated heterocycles. The molecule has 0 saturated carbocycles. The van der Waals surface area contributed by atoms with Crippen LogP contribution >= 0.6 is 11.6 Å².